The second kappa shape index (κ2) is 13.2. The highest BCUT2D eigenvalue weighted by Gasteiger charge is 2.08. The molecule has 0 saturated heterocycles. The molecule has 0 bridgehead atoms. The summed E-state index contributed by atoms with van der Waals surface area (Å²) in [4.78, 5) is 12.0. The van der Waals surface area contributed by atoms with Gasteiger partial charge in [-0.1, -0.05) is 86.3 Å². The number of aliphatic hydroxyl groups is 2. The van der Waals surface area contributed by atoms with E-state index < -0.39 is 12.2 Å². The molecule has 0 saturated carbocycles. The van der Waals surface area contributed by atoms with Crippen molar-refractivity contribution in [2.45, 2.75) is 76.4 Å². The molecular formula is C25H34O3. The third-order valence-corrected chi connectivity index (χ3v) is 5.24. The van der Waals surface area contributed by atoms with Gasteiger partial charge in [-0.15, -0.1) is 0 Å². The molecule has 28 heavy (non-hydrogen) atoms. The van der Waals surface area contributed by atoms with Crippen molar-refractivity contribution >= 4 is 5.78 Å². The molecule has 0 spiro atoms. The monoisotopic (exact) mass is 382 g/mol. The highest BCUT2D eigenvalue weighted by atomic mass is 16.3. The first kappa shape index (κ1) is 22.3. The van der Waals surface area contributed by atoms with Gasteiger partial charge in [-0.2, -0.15) is 0 Å². The minimum absolute atomic E-state index is 0.340. The van der Waals surface area contributed by atoms with Crippen molar-refractivity contribution in [2.24, 2.45) is 0 Å². The maximum absolute atomic E-state index is 12.0. The highest BCUT2D eigenvalue weighted by molar-refractivity contribution is 5.78. The molecule has 0 aliphatic carbocycles. The molecule has 2 rings (SSSR count). The summed E-state index contributed by atoms with van der Waals surface area (Å²) < 4.78 is 0. The average molecular weight is 383 g/mol. The summed E-state index contributed by atoms with van der Waals surface area (Å²) in [6.07, 6.45) is 7.68. The molecule has 3 heteroatoms. The molecule has 2 atom stereocenters. The molecule has 0 radical (unpaired) electrons. The molecule has 0 heterocycles. The number of rotatable bonds is 14. The van der Waals surface area contributed by atoms with Gasteiger partial charge in [-0.05, 0) is 36.8 Å². The second-order valence-corrected chi connectivity index (χ2v) is 7.59. The van der Waals surface area contributed by atoms with Crippen LogP contribution in [-0.4, -0.2) is 16.0 Å². The van der Waals surface area contributed by atoms with Crippen LogP contribution in [0.2, 0.25) is 0 Å². The molecule has 0 fully saturated rings. The van der Waals surface area contributed by atoms with E-state index in [9.17, 15) is 15.0 Å². The number of hydrogen-bond acceptors (Lipinski definition) is 3. The van der Waals surface area contributed by atoms with Crippen molar-refractivity contribution in [3.63, 3.8) is 0 Å². The number of ketones is 1. The average Bonchev–Trinajstić information content (AvgIpc) is 2.74. The van der Waals surface area contributed by atoms with Crippen molar-refractivity contribution in [1.29, 1.82) is 0 Å². The van der Waals surface area contributed by atoms with Gasteiger partial charge < -0.3 is 10.2 Å². The van der Waals surface area contributed by atoms with Gasteiger partial charge >= 0.3 is 0 Å². The van der Waals surface area contributed by atoms with Crippen molar-refractivity contribution in [2.75, 3.05) is 0 Å². The van der Waals surface area contributed by atoms with Crippen molar-refractivity contribution < 1.29 is 15.0 Å². The van der Waals surface area contributed by atoms with Crippen LogP contribution in [-0.2, 0) is 4.79 Å². The zero-order valence-electron chi connectivity index (χ0n) is 16.8. The zero-order valence-corrected chi connectivity index (χ0v) is 16.8. The lowest BCUT2D eigenvalue weighted by Gasteiger charge is -2.11. The topological polar surface area (TPSA) is 57.5 Å². The molecule has 2 aromatic carbocycles. The normalized spacial score (nSPS) is 13.2. The van der Waals surface area contributed by atoms with Crippen molar-refractivity contribution in [3.05, 3.63) is 71.8 Å². The SMILES string of the molecule is O=C(CCCCCC(O)c1ccccc1)CCCCCC(O)c1ccccc1. The number of aliphatic hydroxyl groups excluding tert-OH is 2. The molecule has 0 aliphatic heterocycles. The van der Waals surface area contributed by atoms with E-state index >= 15 is 0 Å². The first-order valence-electron chi connectivity index (χ1n) is 10.6. The van der Waals surface area contributed by atoms with Crippen LogP contribution in [0, 0.1) is 0 Å². The van der Waals surface area contributed by atoms with Gasteiger partial charge in [0.05, 0.1) is 12.2 Å². The maximum atomic E-state index is 12.0. The zero-order chi connectivity index (χ0) is 20.0. The number of unbranched alkanes of at least 4 members (excludes halogenated alkanes) is 4. The van der Waals surface area contributed by atoms with Gasteiger partial charge in [0, 0.05) is 12.8 Å². The predicted octanol–water partition coefficient (Wildman–Crippen LogP) is 5.92. The Morgan fingerprint density at radius 2 is 1.00 bits per heavy atom. The fourth-order valence-electron chi connectivity index (χ4n) is 3.48. The van der Waals surface area contributed by atoms with Gasteiger partial charge in [0.2, 0.25) is 0 Å². The maximum Gasteiger partial charge on any atom is 0.132 e. The lowest BCUT2D eigenvalue weighted by atomic mass is 10.00. The van der Waals surface area contributed by atoms with Gasteiger partial charge in [0.25, 0.3) is 0 Å². The Balaban J connectivity index is 1.45. The predicted molar refractivity (Wildman–Crippen MR) is 114 cm³/mol. The summed E-state index contributed by atoms with van der Waals surface area (Å²) in [6.45, 7) is 0. The number of carbonyl (C=O) groups is 1. The number of hydrogen-bond donors (Lipinski definition) is 2. The van der Waals surface area contributed by atoms with Crippen LogP contribution < -0.4 is 0 Å². The molecule has 3 nitrogen and oxygen atoms in total. The minimum atomic E-state index is -0.400. The molecule has 152 valence electrons. The smallest absolute Gasteiger partial charge is 0.132 e. The lowest BCUT2D eigenvalue weighted by Crippen LogP contribution is -2.00. The van der Waals surface area contributed by atoms with Crippen LogP contribution in [0.25, 0.3) is 0 Å². The standard InChI is InChI=1S/C25H34O3/c26-23(17-9-3-11-19-24(27)21-13-5-1-6-14-21)18-10-4-12-20-25(28)22-15-7-2-8-16-22/h1-2,5-8,13-16,24-25,27-28H,3-4,9-12,17-20H2. The van der Waals surface area contributed by atoms with Crippen molar-refractivity contribution in [1.82, 2.24) is 0 Å². The summed E-state index contributed by atoms with van der Waals surface area (Å²) >= 11 is 0. The Hall–Kier alpha value is -1.97. The van der Waals surface area contributed by atoms with Crippen LogP contribution in [0.1, 0.15) is 87.5 Å². The van der Waals surface area contributed by atoms with Crippen LogP contribution in [0.15, 0.2) is 60.7 Å². The molecule has 2 unspecified atom stereocenters. The number of Topliss-reactive ketones (excluding diaryl/α,β-unsaturated/α-hetero) is 1. The number of benzene rings is 2. The molecule has 0 aliphatic rings. The Bertz CT molecular complexity index is 597. The highest BCUT2D eigenvalue weighted by Crippen LogP contribution is 2.21. The van der Waals surface area contributed by atoms with Crippen LogP contribution in [0.5, 0.6) is 0 Å². The van der Waals surface area contributed by atoms with Gasteiger partial charge in [0.1, 0.15) is 5.78 Å². The second-order valence-electron chi connectivity index (χ2n) is 7.59. The van der Waals surface area contributed by atoms with E-state index in [4.69, 9.17) is 0 Å². The summed E-state index contributed by atoms with van der Waals surface area (Å²) in [6, 6.07) is 19.5. The van der Waals surface area contributed by atoms with E-state index in [0.29, 0.717) is 18.6 Å². The molecule has 0 aromatic heterocycles. The Labute approximate surface area is 169 Å². The van der Waals surface area contributed by atoms with Crippen LogP contribution >= 0.6 is 0 Å². The third kappa shape index (κ3) is 8.81. The lowest BCUT2D eigenvalue weighted by molar-refractivity contribution is -0.119. The Morgan fingerprint density at radius 1 is 0.607 bits per heavy atom. The Morgan fingerprint density at radius 3 is 1.39 bits per heavy atom. The van der Waals surface area contributed by atoms with Gasteiger partial charge in [-0.25, -0.2) is 0 Å². The van der Waals surface area contributed by atoms with E-state index in [1.165, 1.54) is 0 Å². The van der Waals surface area contributed by atoms with E-state index in [0.717, 1.165) is 62.5 Å². The summed E-state index contributed by atoms with van der Waals surface area (Å²) in [5, 5.41) is 20.2. The number of carbonyl (C=O) groups excluding carboxylic acids is 1. The summed E-state index contributed by atoms with van der Waals surface area (Å²) in [5.74, 6) is 0.340. The minimum Gasteiger partial charge on any atom is -0.388 e. The molecule has 2 aromatic rings. The summed E-state index contributed by atoms with van der Waals surface area (Å²) in [7, 11) is 0. The van der Waals surface area contributed by atoms with Crippen LogP contribution in [0.4, 0.5) is 0 Å². The first-order chi connectivity index (χ1) is 13.7. The van der Waals surface area contributed by atoms with Gasteiger partial charge in [-0.3, -0.25) is 4.79 Å². The Kier molecular flexibility index (Phi) is 10.6. The van der Waals surface area contributed by atoms with E-state index in [2.05, 4.69) is 0 Å². The van der Waals surface area contributed by atoms with Crippen LogP contribution in [0.3, 0.4) is 0 Å². The third-order valence-electron chi connectivity index (χ3n) is 5.24. The molecule has 0 amide bonds. The molecular weight excluding hydrogens is 348 g/mol. The van der Waals surface area contributed by atoms with Crippen molar-refractivity contribution in [3.8, 4) is 0 Å². The van der Waals surface area contributed by atoms with Gasteiger partial charge in [0.15, 0.2) is 0 Å². The first-order valence-corrected chi connectivity index (χ1v) is 10.6. The largest absolute Gasteiger partial charge is 0.388 e. The fourth-order valence-corrected chi connectivity index (χ4v) is 3.48. The van der Waals surface area contributed by atoms with E-state index in [1.54, 1.807) is 0 Å². The van der Waals surface area contributed by atoms with E-state index in [-0.39, 0.29) is 0 Å². The fraction of sp³-hybridized carbons (Fsp3) is 0.480. The summed E-state index contributed by atoms with van der Waals surface area (Å²) in [5.41, 5.74) is 1.94. The molecule has 2 N–H and O–H groups in total. The quantitative estimate of drug-likeness (QED) is 0.399. The van der Waals surface area contributed by atoms with E-state index in [1.807, 2.05) is 60.7 Å².